The Morgan fingerprint density at radius 2 is 2.00 bits per heavy atom. The number of hydrogen-bond acceptors (Lipinski definition) is 0. The van der Waals surface area contributed by atoms with E-state index in [0.717, 1.165) is 0 Å². The zero-order valence-corrected chi connectivity index (χ0v) is 5.94. The van der Waals surface area contributed by atoms with Gasteiger partial charge in [0.05, 0.1) is 8.80 Å². The van der Waals surface area contributed by atoms with Gasteiger partial charge in [-0.15, -0.1) is 0 Å². The summed E-state index contributed by atoms with van der Waals surface area (Å²) in [4.78, 5) is 0. The maximum absolute atomic E-state index is 3.56. The van der Waals surface area contributed by atoms with Crippen molar-refractivity contribution in [3.63, 3.8) is 0 Å². The van der Waals surface area contributed by atoms with Crippen LogP contribution in [0.25, 0.3) is 0 Å². The van der Waals surface area contributed by atoms with Gasteiger partial charge in [-0.05, 0) is 0 Å². The summed E-state index contributed by atoms with van der Waals surface area (Å²) in [6, 6.07) is 0. The van der Waals surface area contributed by atoms with Gasteiger partial charge in [0.2, 0.25) is 0 Å². The molecule has 0 aliphatic rings. The van der Waals surface area contributed by atoms with Crippen LogP contribution in [-0.4, -0.2) is 8.80 Å². The van der Waals surface area contributed by atoms with Crippen LogP contribution >= 0.6 is 0 Å². The van der Waals surface area contributed by atoms with Gasteiger partial charge >= 0.3 is 0 Å². The molecular formula is C6H11Si. The van der Waals surface area contributed by atoms with Crippen LogP contribution in [-0.2, 0) is 0 Å². The van der Waals surface area contributed by atoms with E-state index in [4.69, 9.17) is 0 Å². The molecule has 1 heteroatoms. The highest BCUT2D eigenvalue weighted by Gasteiger charge is 1.81. The van der Waals surface area contributed by atoms with Crippen molar-refractivity contribution in [2.75, 3.05) is 0 Å². The molecule has 0 N–H and O–H groups in total. The minimum absolute atomic E-state index is 0.149. The molecule has 0 atom stereocenters. The van der Waals surface area contributed by atoms with E-state index in [1.54, 1.807) is 0 Å². The number of allylic oxidation sites excluding steroid dienone is 2. The van der Waals surface area contributed by atoms with Gasteiger partial charge in [-0.1, -0.05) is 37.5 Å². The van der Waals surface area contributed by atoms with Gasteiger partial charge in [0, 0.05) is 0 Å². The zero-order valence-electron chi connectivity index (χ0n) is 4.94. The molecule has 0 nitrogen and oxygen atoms in total. The smallest absolute Gasteiger partial charge is 0.0693 e. The van der Waals surface area contributed by atoms with Crippen molar-refractivity contribution in [3.8, 4) is 0 Å². The predicted octanol–water partition coefficient (Wildman–Crippen LogP) is 2.02. The Morgan fingerprint density at radius 3 is 2.14 bits per heavy atom. The van der Waals surface area contributed by atoms with Crippen LogP contribution in [0.4, 0.5) is 0 Å². The molecule has 0 amide bonds. The quantitative estimate of drug-likeness (QED) is 0.378. The normalized spacial score (nSPS) is 10.7. The Bertz CT molecular complexity index is 72.2. The highest BCUT2D eigenvalue weighted by molar-refractivity contribution is 6.61. The van der Waals surface area contributed by atoms with E-state index in [9.17, 15) is 0 Å². The predicted molar refractivity (Wildman–Crippen MR) is 36.8 cm³/mol. The second-order valence-electron chi connectivity index (χ2n) is 1.67. The summed E-state index contributed by atoms with van der Waals surface area (Å²) in [6.07, 6.45) is 3.83. The summed E-state index contributed by atoms with van der Waals surface area (Å²) in [5.74, 6) is 0. The molecule has 0 spiro atoms. The zero-order chi connectivity index (χ0) is 5.70. The van der Waals surface area contributed by atoms with Crippen LogP contribution in [0.5, 0.6) is 0 Å². The number of rotatable bonds is 2. The molecule has 1 radical (unpaired) electrons. The van der Waals surface area contributed by atoms with Crippen LogP contribution in [0.1, 0.15) is 0 Å². The van der Waals surface area contributed by atoms with Crippen LogP contribution in [0.2, 0.25) is 13.1 Å². The van der Waals surface area contributed by atoms with Gasteiger partial charge in [-0.2, -0.15) is 0 Å². The first-order chi connectivity index (χ1) is 3.27. The third kappa shape index (κ3) is 5.70. The van der Waals surface area contributed by atoms with Gasteiger partial charge in [-0.3, -0.25) is 0 Å². The van der Waals surface area contributed by atoms with Gasteiger partial charge in [-0.25, -0.2) is 0 Å². The summed E-state index contributed by atoms with van der Waals surface area (Å²) in [5.41, 5.74) is 2.21. The molecule has 0 aromatic rings. The molecule has 0 rings (SSSR count). The Kier molecular flexibility index (Phi) is 3.70. The summed E-state index contributed by atoms with van der Waals surface area (Å²) < 4.78 is 0. The monoisotopic (exact) mass is 111 g/mol. The Hall–Kier alpha value is -0.303. The third-order valence-electron chi connectivity index (χ3n) is 0.566. The second-order valence-corrected chi connectivity index (χ2v) is 4.16. The molecule has 0 bridgehead atoms. The topological polar surface area (TPSA) is 0 Å². The SMILES string of the molecule is C=C/C=C/[Si](C)C. The maximum Gasteiger partial charge on any atom is 0.0693 e. The van der Waals surface area contributed by atoms with Crippen molar-refractivity contribution in [3.05, 3.63) is 24.4 Å². The highest BCUT2D eigenvalue weighted by Crippen LogP contribution is 1.80. The molecule has 0 saturated heterocycles. The van der Waals surface area contributed by atoms with Crippen LogP contribution < -0.4 is 0 Å². The molecule has 0 saturated carbocycles. The lowest BCUT2D eigenvalue weighted by molar-refractivity contribution is 1.95. The van der Waals surface area contributed by atoms with E-state index >= 15 is 0 Å². The molecular weight excluding hydrogens is 100 g/mol. The van der Waals surface area contributed by atoms with E-state index in [2.05, 4.69) is 25.4 Å². The summed E-state index contributed by atoms with van der Waals surface area (Å²) in [6.45, 7) is 8.04. The third-order valence-corrected chi connectivity index (χ3v) is 1.42. The lowest BCUT2D eigenvalue weighted by Crippen LogP contribution is -1.90. The summed E-state index contributed by atoms with van der Waals surface area (Å²) in [5, 5.41) is 0. The molecule has 0 aromatic heterocycles. The lowest BCUT2D eigenvalue weighted by Gasteiger charge is -1.84. The van der Waals surface area contributed by atoms with Crippen LogP contribution in [0.3, 0.4) is 0 Å². The van der Waals surface area contributed by atoms with E-state index in [-0.39, 0.29) is 8.80 Å². The molecule has 0 aromatic carbocycles. The van der Waals surface area contributed by atoms with Crippen molar-refractivity contribution >= 4 is 8.80 Å². The first-order valence-corrected chi connectivity index (χ1v) is 4.94. The van der Waals surface area contributed by atoms with Gasteiger partial charge in [0.25, 0.3) is 0 Å². The Balaban J connectivity index is 3.25. The van der Waals surface area contributed by atoms with Gasteiger partial charge in [0.15, 0.2) is 0 Å². The molecule has 0 aliphatic carbocycles. The van der Waals surface area contributed by atoms with Gasteiger partial charge < -0.3 is 0 Å². The largest absolute Gasteiger partial charge is 0.0991 e. The Labute approximate surface area is 47.2 Å². The molecule has 0 aliphatic heterocycles. The minimum Gasteiger partial charge on any atom is -0.0991 e. The highest BCUT2D eigenvalue weighted by atomic mass is 28.3. The summed E-state index contributed by atoms with van der Waals surface area (Å²) >= 11 is 0. The first-order valence-electron chi connectivity index (χ1n) is 2.36. The lowest BCUT2D eigenvalue weighted by atomic mass is 10.6. The fraction of sp³-hybridized carbons (Fsp3) is 0.333. The molecule has 0 unspecified atom stereocenters. The fourth-order valence-electron chi connectivity index (χ4n) is 0.260. The molecule has 7 heavy (non-hydrogen) atoms. The van der Waals surface area contributed by atoms with Crippen molar-refractivity contribution in [2.24, 2.45) is 0 Å². The van der Waals surface area contributed by atoms with Crippen LogP contribution in [0.15, 0.2) is 24.4 Å². The summed E-state index contributed by atoms with van der Waals surface area (Å²) in [7, 11) is -0.149. The van der Waals surface area contributed by atoms with Crippen LogP contribution in [0, 0.1) is 0 Å². The van der Waals surface area contributed by atoms with E-state index in [1.807, 2.05) is 12.2 Å². The van der Waals surface area contributed by atoms with Crippen molar-refractivity contribution in [1.29, 1.82) is 0 Å². The van der Waals surface area contributed by atoms with Gasteiger partial charge in [0.1, 0.15) is 0 Å². The van der Waals surface area contributed by atoms with Crippen molar-refractivity contribution in [2.45, 2.75) is 13.1 Å². The number of hydrogen-bond donors (Lipinski definition) is 0. The van der Waals surface area contributed by atoms with E-state index in [0.29, 0.717) is 0 Å². The Morgan fingerprint density at radius 1 is 1.43 bits per heavy atom. The second kappa shape index (κ2) is 3.87. The average molecular weight is 111 g/mol. The van der Waals surface area contributed by atoms with Crippen molar-refractivity contribution < 1.29 is 0 Å². The average Bonchev–Trinajstić information content (AvgIpc) is 1.61. The molecule has 0 fully saturated rings. The minimum atomic E-state index is -0.149. The van der Waals surface area contributed by atoms with E-state index in [1.165, 1.54) is 0 Å². The molecule has 39 valence electrons. The standard InChI is InChI=1S/C6H11Si/c1-4-5-6-7(2)3/h4-6H,1H2,2-3H3/b6-5+. The fourth-order valence-corrected chi connectivity index (χ4v) is 0.781. The van der Waals surface area contributed by atoms with Crippen molar-refractivity contribution in [1.82, 2.24) is 0 Å². The molecule has 0 heterocycles. The first kappa shape index (κ1) is 6.70. The maximum atomic E-state index is 3.56. The van der Waals surface area contributed by atoms with E-state index < -0.39 is 0 Å².